The zero-order chi connectivity index (χ0) is 15.6. The molecule has 1 aromatic heterocycles. The van der Waals surface area contributed by atoms with Crippen molar-refractivity contribution in [2.75, 3.05) is 12.4 Å². The minimum absolute atomic E-state index is 0.334. The number of hydrogen-bond acceptors (Lipinski definition) is 3. The molecule has 0 saturated heterocycles. The Hall–Kier alpha value is -1.78. The van der Waals surface area contributed by atoms with Crippen LogP contribution in [0.3, 0.4) is 0 Å². The molecule has 1 amide bonds. The van der Waals surface area contributed by atoms with E-state index < -0.39 is 0 Å². The van der Waals surface area contributed by atoms with Crippen LogP contribution in [-0.2, 0) is 0 Å². The Labute approximate surface area is 133 Å². The third-order valence-corrected chi connectivity index (χ3v) is 3.88. The van der Waals surface area contributed by atoms with Crippen LogP contribution >= 0.6 is 23.2 Å². The number of aromatic nitrogens is 1. The number of amides is 1. The molecule has 2 rings (SSSR count). The van der Waals surface area contributed by atoms with Crippen LogP contribution in [0.1, 0.15) is 21.6 Å². The highest BCUT2D eigenvalue weighted by atomic mass is 35.5. The highest BCUT2D eigenvalue weighted by Crippen LogP contribution is 2.27. The molecule has 1 aromatic carbocycles. The molecule has 2 aromatic rings. The lowest BCUT2D eigenvalue weighted by Crippen LogP contribution is -2.14. The van der Waals surface area contributed by atoms with Crippen LogP contribution in [0, 0.1) is 13.8 Å². The predicted octanol–water partition coefficient (Wildman–Crippen LogP) is 4.27. The minimum Gasteiger partial charge on any atom is -0.496 e. The quantitative estimate of drug-likeness (QED) is 0.917. The number of nitrogens with zero attached hydrogens (tertiary/aromatic N) is 1. The molecule has 0 radical (unpaired) electrons. The minimum atomic E-state index is -0.334. The first-order valence-corrected chi connectivity index (χ1v) is 6.96. The number of nitrogens with one attached hydrogen (secondary N) is 1. The molecule has 0 aliphatic carbocycles. The smallest absolute Gasteiger partial charge is 0.259 e. The summed E-state index contributed by atoms with van der Waals surface area (Å²) in [5.74, 6) is 0.111. The van der Waals surface area contributed by atoms with Gasteiger partial charge in [-0.3, -0.25) is 9.78 Å². The number of anilines is 1. The maximum Gasteiger partial charge on any atom is 0.259 e. The fourth-order valence-corrected chi connectivity index (χ4v) is 2.20. The summed E-state index contributed by atoms with van der Waals surface area (Å²) in [6.45, 7) is 3.63. The molecule has 1 heterocycles. The number of benzene rings is 1. The molecule has 1 N–H and O–H groups in total. The van der Waals surface area contributed by atoms with Crippen LogP contribution in [0.25, 0.3) is 0 Å². The van der Waals surface area contributed by atoms with Gasteiger partial charge < -0.3 is 10.1 Å². The molecule has 0 bridgehead atoms. The zero-order valence-electron chi connectivity index (χ0n) is 11.8. The average Bonchev–Trinajstić information content (AvgIpc) is 2.47. The van der Waals surface area contributed by atoms with Crippen molar-refractivity contribution in [3.05, 3.63) is 51.3 Å². The Morgan fingerprint density at radius 3 is 2.67 bits per heavy atom. The van der Waals surface area contributed by atoms with Crippen molar-refractivity contribution in [1.29, 1.82) is 0 Å². The maximum absolute atomic E-state index is 12.4. The fraction of sp³-hybridized carbons (Fsp3) is 0.200. The number of methoxy groups -OCH3 is 1. The lowest BCUT2D eigenvalue weighted by atomic mass is 10.1. The first-order chi connectivity index (χ1) is 9.93. The Bertz CT molecular complexity index is 702. The van der Waals surface area contributed by atoms with E-state index in [0.717, 1.165) is 5.56 Å². The van der Waals surface area contributed by atoms with Gasteiger partial charge >= 0.3 is 0 Å². The van der Waals surface area contributed by atoms with Gasteiger partial charge in [0.2, 0.25) is 0 Å². The average molecular weight is 325 g/mol. The molecule has 0 unspecified atom stereocenters. The van der Waals surface area contributed by atoms with Crippen molar-refractivity contribution in [3.8, 4) is 5.75 Å². The third-order valence-electron chi connectivity index (χ3n) is 3.09. The Kier molecular flexibility index (Phi) is 4.70. The van der Waals surface area contributed by atoms with E-state index in [1.54, 1.807) is 31.3 Å². The first kappa shape index (κ1) is 15.6. The van der Waals surface area contributed by atoms with E-state index in [1.165, 1.54) is 7.11 Å². The van der Waals surface area contributed by atoms with Gasteiger partial charge in [-0.05, 0) is 37.6 Å². The highest BCUT2D eigenvalue weighted by molar-refractivity contribution is 6.32. The van der Waals surface area contributed by atoms with Gasteiger partial charge in [0.05, 0.1) is 35.3 Å². The second-order valence-corrected chi connectivity index (χ2v) is 5.31. The van der Waals surface area contributed by atoms with E-state index in [0.29, 0.717) is 32.7 Å². The Balaban J connectivity index is 2.35. The summed E-state index contributed by atoms with van der Waals surface area (Å²) < 4.78 is 5.17. The van der Waals surface area contributed by atoms with E-state index in [-0.39, 0.29) is 5.91 Å². The van der Waals surface area contributed by atoms with Gasteiger partial charge in [0, 0.05) is 5.02 Å². The second-order valence-electron chi connectivity index (χ2n) is 4.49. The van der Waals surface area contributed by atoms with Gasteiger partial charge in [0.15, 0.2) is 0 Å². The summed E-state index contributed by atoms with van der Waals surface area (Å²) >= 11 is 12.1. The maximum atomic E-state index is 12.4. The van der Waals surface area contributed by atoms with Gasteiger partial charge in [-0.15, -0.1) is 0 Å². The number of ether oxygens (including phenoxy) is 1. The molecule has 21 heavy (non-hydrogen) atoms. The molecular weight excluding hydrogens is 311 g/mol. The molecule has 0 aliphatic heterocycles. The molecule has 0 fully saturated rings. The molecule has 110 valence electrons. The van der Waals surface area contributed by atoms with Crippen molar-refractivity contribution >= 4 is 34.8 Å². The zero-order valence-corrected chi connectivity index (χ0v) is 13.3. The molecule has 6 heteroatoms. The van der Waals surface area contributed by atoms with Crippen LogP contribution in [0.4, 0.5) is 5.69 Å². The van der Waals surface area contributed by atoms with Gasteiger partial charge in [-0.2, -0.15) is 0 Å². The fourth-order valence-electron chi connectivity index (χ4n) is 1.88. The Morgan fingerprint density at radius 2 is 2.00 bits per heavy atom. The first-order valence-electron chi connectivity index (χ1n) is 6.20. The van der Waals surface area contributed by atoms with Crippen molar-refractivity contribution in [2.24, 2.45) is 0 Å². The van der Waals surface area contributed by atoms with E-state index >= 15 is 0 Å². The highest BCUT2D eigenvalue weighted by Gasteiger charge is 2.15. The van der Waals surface area contributed by atoms with E-state index in [4.69, 9.17) is 27.9 Å². The van der Waals surface area contributed by atoms with Gasteiger partial charge in [0.1, 0.15) is 5.75 Å². The molecule has 0 saturated carbocycles. The van der Waals surface area contributed by atoms with E-state index in [2.05, 4.69) is 10.3 Å². The van der Waals surface area contributed by atoms with Crippen molar-refractivity contribution in [2.45, 2.75) is 13.8 Å². The number of rotatable bonds is 3. The van der Waals surface area contributed by atoms with Crippen molar-refractivity contribution < 1.29 is 9.53 Å². The van der Waals surface area contributed by atoms with Crippen LogP contribution in [0.2, 0.25) is 10.0 Å². The van der Waals surface area contributed by atoms with Crippen LogP contribution in [0.15, 0.2) is 24.4 Å². The number of carbonyl (C=O) groups is 1. The Morgan fingerprint density at radius 1 is 1.29 bits per heavy atom. The lowest BCUT2D eigenvalue weighted by molar-refractivity contribution is 0.102. The van der Waals surface area contributed by atoms with Gasteiger partial charge in [-0.1, -0.05) is 23.2 Å². The number of aryl methyl sites for hydroxylation is 1. The summed E-state index contributed by atoms with van der Waals surface area (Å²) in [6.07, 6.45) is 1.57. The topological polar surface area (TPSA) is 51.2 Å². The number of carbonyl (C=O) groups excluding carboxylic acids is 1. The second kappa shape index (κ2) is 6.33. The monoisotopic (exact) mass is 324 g/mol. The summed E-state index contributed by atoms with van der Waals surface area (Å²) in [7, 11) is 1.50. The van der Waals surface area contributed by atoms with Gasteiger partial charge in [0.25, 0.3) is 5.91 Å². The summed E-state index contributed by atoms with van der Waals surface area (Å²) in [5.41, 5.74) is 2.38. The molecule has 0 aliphatic rings. The SMILES string of the molecule is COc1ccc(Cl)cc1C(=O)Nc1cnc(C)c(Cl)c1C. The van der Waals surface area contributed by atoms with Crippen LogP contribution < -0.4 is 10.1 Å². The van der Waals surface area contributed by atoms with E-state index in [9.17, 15) is 4.79 Å². The van der Waals surface area contributed by atoms with Crippen molar-refractivity contribution in [3.63, 3.8) is 0 Å². The number of halogens is 2. The number of hydrogen-bond donors (Lipinski definition) is 1. The van der Waals surface area contributed by atoms with Crippen LogP contribution in [-0.4, -0.2) is 18.0 Å². The van der Waals surface area contributed by atoms with Crippen LogP contribution in [0.5, 0.6) is 5.75 Å². The van der Waals surface area contributed by atoms with Crippen molar-refractivity contribution in [1.82, 2.24) is 4.98 Å². The van der Waals surface area contributed by atoms with E-state index in [1.807, 2.05) is 6.92 Å². The van der Waals surface area contributed by atoms with Gasteiger partial charge in [-0.25, -0.2) is 0 Å². The normalized spacial score (nSPS) is 10.3. The largest absolute Gasteiger partial charge is 0.496 e. The lowest BCUT2D eigenvalue weighted by Gasteiger charge is -2.12. The summed E-state index contributed by atoms with van der Waals surface area (Å²) in [6, 6.07) is 4.85. The predicted molar refractivity (Wildman–Crippen MR) is 84.7 cm³/mol. The molecular formula is C15H14Cl2N2O2. The standard InChI is InChI=1S/C15H14Cl2N2O2/c1-8-12(7-18-9(2)14(8)17)19-15(20)11-6-10(16)4-5-13(11)21-3/h4-7H,1-3H3,(H,19,20). The molecule has 0 atom stereocenters. The number of pyridine rings is 1. The summed E-state index contributed by atoms with van der Waals surface area (Å²) in [4.78, 5) is 16.5. The third kappa shape index (κ3) is 3.28. The molecule has 0 spiro atoms. The molecule has 4 nitrogen and oxygen atoms in total. The summed E-state index contributed by atoms with van der Waals surface area (Å²) in [5, 5.41) is 3.76.